The van der Waals surface area contributed by atoms with Gasteiger partial charge in [-0.25, -0.2) is 0 Å². The van der Waals surface area contributed by atoms with Crippen molar-refractivity contribution in [3.63, 3.8) is 0 Å². The van der Waals surface area contributed by atoms with Gasteiger partial charge in [0, 0.05) is 18.8 Å². The molecule has 0 spiro atoms. The van der Waals surface area contributed by atoms with E-state index in [1.54, 1.807) is 0 Å². The van der Waals surface area contributed by atoms with Crippen LogP contribution < -0.4 is 4.90 Å². The Balaban J connectivity index is 2.00. The maximum Gasteiger partial charge on any atom is 0.0743 e. The van der Waals surface area contributed by atoms with Gasteiger partial charge in [0.1, 0.15) is 0 Å². The Kier molecular flexibility index (Phi) is 5.26. The fourth-order valence-corrected chi connectivity index (χ4v) is 3.21. The summed E-state index contributed by atoms with van der Waals surface area (Å²) in [5.41, 5.74) is 2.56. The molecule has 1 fully saturated rings. The van der Waals surface area contributed by atoms with E-state index in [-0.39, 0.29) is 6.10 Å². The molecule has 1 atom stereocenters. The Bertz CT molecular complexity index is 385. The number of aliphatic hydroxyl groups excluding tert-OH is 1. The zero-order chi connectivity index (χ0) is 13.7. The average Bonchev–Trinajstić information content (AvgIpc) is 2.46. The zero-order valence-corrected chi connectivity index (χ0v) is 12.3. The molecule has 0 radical (unpaired) electrons. The quantitative estimate of drug-likeness (QED) is 0.872. The van der Waals surface area contributed by atoms with Crippen LogP contribution in [0.25, 0.3) is 0 Å². The molecule has 0 bridgehead atoms. The summed E-state index contributed by atoms with van der Waals surface area (Å²) in [6.45, 7) is 6.03. The third kappa shape index (κ3) is 3.73. The Morgan fingerprint density at radius 2 is 1.89 bits per heavy atom. The van der Waals surface area contributed by atoms with Crippen molar-refractivity contribution in [1.29, 1.82) is 0 Å². The SMILES string of the molecule is CCN(CC(O)C1CCCCC1)c1ccccc1C. The lowest BCUT2D eigenvalue weighted by Crippen LogP contribution is -2.37. The molecule has 1 unspecified atom stereocenters. The lowest BCUT2D eigenvalue weighted by atomic mass is 9.85. The molecule has 1 aliphatic carbocycles. The third-order valence-electron chi connectivity index (χ3n) is 4.44. The predicted molar refractivity (Wildman–Crippen MR) is 81.6 cm³/mol. The first-order chi connectivity index (χ1) is 9.22. The molecule has 106 valence electrons. The molecule has 1 aromatic carbocycles. The normalized spacial score (nSPS) is 18.3. The fraction of sp³-hybridized carbons (Fsp3) is 0.647. The standard InChI is InChI=1S/C17H27NO/c1-3-18(16-12-8-7-9-14(16)2)13-17(19)15-10-5-4-6-11-15/h7-9,12,15,17,19H,3-6,10-11,13H2,1-2H3. The molecular weight excluding hydrogens is 234 g/mol. The van der Waals surface area contributed by atoms with Crippen molar-refractivity contribution in [3.8, 4) is 0 Å². The second kappa shape index (κ2) is 6.95. The number of nitrogens with zero attached hydrogens (tertiary/aromatic N) is 1. The predicted octanol–water partition coefficient (Wildman–Crippen LogP) is 3.76. The fourth-order valence-electron chi connectivity index (χ4n) is 3.21. The van der Waals surface area contributed by atoms with Gasteiger partial charge in [-0.3, -0.25) is 0 Å². The van der Waals surface area contributed by atoms with Gasteiger partial charge in [-0.1, -0.05) is 37.5 Å². The summed E-state index contributed by atoms with van der Waals surface area (Å²) in [6.07, 6.45) is 6.15. The van der Waals surface area contributed by atoms with E-state index in [0.29, 0.717) is 5.92 Å². The van der Waals surface area contributed by atoms with Gasteiger partial charge in [-0.15, -0.1) is 0 Å². The van der Waals surface area contributed by atoms with Crippen LogP contribution in [0.2, 0.25) is 0 Å². The van der Waals surface area contributed by atoms with Crippen molar-refractivity contribution in [1.82, 2.24) is 0 Å². The van der Waals surface area contributed by atoms with Crippen LogP contribution in [0, 0.1) is 12.8 Å². The Hall–Kier alpha value is -1.02. The zero-order valence-electron chi connectivity index (χ0n) is 12.3. The van der Waals surface area contributed by atoms with Crippen LogP contribution in [0.5, 0.6) is 0 Å². The van der Waals surface area contributed by atoms with Gasteiger partial charge in [0.05, 0.1) is 6.10 Å². The summed E-state index contributed by atoms with van der Waals surface area (Å²) >= 11 is 0. The largest absolute Gasteiger partial charge is 0.391 e. The highest BCUT2D eigenvalue weighted by molar-refractivity contribution is 5.52. The Labute approximate surface area is 117 Å². The molecule has 0 saturated heterocycles. The van der Waals surface area contributed by atoms with Gasteiger partial charge in [-0.05, 0) is 44.2 Å². The van der Waals surface area contributed by atoms with Crippen LogP contribution in [0.1, 0.15) is 44.6 Å². The number of aliphatic hydroxyl groups is 1. The van der Waals surface area contributed by atoms with Crippen molar-refractivity contribution in [2.24, 2.45) is 5.92 Å². The van der Waals surface area contributed by atoms with E-state index in [0.717, 1.165) is 13.1 Å². The smallest absolute Gasteiger partial charge is 0.0743 e. The van der Waals surface area contributed by atoms with Gasteiger partial charge in [0.15, 0.2) is 0 Å². The maximum absolute atomic E-state index is 10.5. The van der Waals surface area contributed by atoms with Crippen LogP contribution in [0.15, 0.2) is 24.3 Å². The van der Waals surface area contributed by atoms with Crippen molar-refractivity contribution in [3.05, 3.63) is 29.8 Å². The van der Waals surface area contributed by atoms with Crippen molar-refractivity contribution in [2.45, 2.75) is 52.1 Å². The maximum atomic E-state index is 10.5. The highest BCUT2D eigenvalue weighted by Gasteiger charge is 2.23. The minimum Gasteiger partial charge on any atom is -0.391 e. The molecule has 2 rings (SSSR count). The van der Waals surface area contributed by atoms with Crippen LogP contribution in [0.3, 0.4) is 0 Å². The Morgan fingerprint density at radius 1 is 1.21 bits per heavy atom. The van der Waals surface area contributed by atoms with E-state index in [1.165, 1.54) is 43.4 Å². The summed E-state index contributed by atoms with van der Waals surface area (Å²) in [6, 6.07) is 8.46. The topological polar surface area (TPSA) is 23.5 Å². The molecule has 1 aliphatic rings. The number of para-hydroxylation sites is 1. The molecule has 0 amide bonds. The average molecular weight is 261 g/mol. The number of rotatable bonds is 5. The highest BCUT2D eigenvalue weighted by atomic mass is 16.3. The summed E-state index contributed by atoms with van der Waals surface area (Å²) in [7, 11) is 0. The van der Waals surface area contributed by atoms with Gasteiger partial charge in [0.25, 0.3) is 0 Å². The van der Waals surface area contributed by atoms with Crippen LogP contribution in [-0.2, 0) is 0 Å². The third-order valence-corrected chi connectivity index (χ3v) is 4.44. The number of aryl methyl sites for hydroxylation is 1. The minimum atomic E-state index is -0.181. The number of hydrogen-bond acceptors (Lipinski definition) is 2. The van der Waals surface area contributed by atoms with E-state index in [2.05, 4.69) is 43.0 Å². The van der Waals surface area contributed by atoms with Gasteiger partial charge in [-0.2, -0.15) is 0 Å². The monoisotopic (exact) mass is 261 g/mol. The van der Waals surface area contributed by atoms with Crippen LogP contribution >= 0.6 is 0 Å². The molecule has 1 N–H and O–H groups in total. The number of anilines is 1. The molecule has 0 aromatic heterocycles. The highest BCUT2D eigenvalue weighted by Crippen LogP contribution is 2.28. The van der Waals surface area contributed by atoms with Crippen LogP contribution in [-0.4, -0.2) is 24.3 Å². The second-order valence-corrected chi connectivity index (χ2v) is 5.79. The Morgan fingerprint density at radius 3 is 2.53 bits per heavy atom. The van der Waals surface area contributed by atoms with Gasteiger partial charge >= 0.3 is 0 Å². The lowest BCUT2D eigenvalue weighted by molar-refractivity contribution is 0.0902. The van der Waals surface area contributed by atoms with Crippen molar-refractivity contribution < 1.29 is 5.11 Å². The molecule has 0 aliphatic heterocycles. The summed E-state index contributed by atoms with van der Waals surface area (Å²) in [5.74, 6) is 0.506. The van der Waals surface area contributed by atoms with E-state index in [9.17, 15) is 5.11 Å². The first kappa shape index (κ1) is 14.4. The molecule has 0 heterocycles. The lowest BCUT2D eigenvalue weighted by Gasteiger charge is -2.32. The van der Waals surface area contributed by atoms with Gasteiger partial charge in [0.2, 0.25) is 0 Å². The number of hydrogen-bond donors (Lipinski definition) is 1. The van der Waals surface area contributed by atoms with E-state index in [1.807, 2.05) is 0 Å². The molecule has 1 aromatic rings. The van der Waals surface area contributed by atoms with Crippen LogP contribution in [0.4, 0.5) is 5.69 Å². The van der Waals surface area contributed by atoms with E-state index < -0.39 is 0 Å². The van der Waals surface area contributed by atoms with Crippen molar-refractivity contribution in [2.75, 3.05) is 18.0 Å². The summed E-state index contributed by atoms with van der Waals surface area (Å²) in [5, 5.41) is 10.5. The molecular formula is C17H27NO. The second-order valence-electron chi connectivity index (χ2n) is 5.79. The first-order valence-corrected chi connectivity index (χ1v) is 7.71. The van der Waals surface area contributed by atoms with Crippen molar-refractivity contribution >= 4 is 5.69 Å². The number of likely N-dealkylation sites (N-methyl/N-ethyl adjacent to an activating group) is 1. The molecule has 2 nitrogen and oxygen atoms in total. The first-order valence-electron chi connectivity index (χ1n) is 7.71. The molecule has 2 heteroatoms. The molecule has 19 heavy (non-hydrogen) atoms. The van der Waals surface area contributed by atoms with E-state index >= 15 is 0 Å². The van der Waals surface area contributed by atoms with Gasteiger partial charge < -0.3 is 10.0 Å². The molecule has 1 saturated carbocycles. The minimum absolute atomic E-state index is 0.181. The number of benzene rings is 1. The summed E-state index contributed by atoms with van der Waals surface area (Å²) in [4.78, 5) is 2.31. The van der Waals surface area contributed by atoms with E-state index in [4.69, 9.17) is 0 Å². The summed E-state index contributed by atoms with van der Waals surface area (Å²) < 4.78 is 0.